The summed E-state index contributed by atoms with van der Waals surface area (Å²) in [5, 5.41) is 3.24. The summed E-state index contributed by atoms with van der Waals surface area (Å²) in [5.41, 5.74) is 3.48. The molecule has 0 aliphatic rings. The summed E-state index contributed by atoms with van der Waals surface area (Å²) in [5.74, 6) is 0.777. The van der Waals surface area contributed by atoms with E-state index in [4.69, 9.17) is 4.74 Å². The lowest BCUT2D eigenvalue weighted by atomic mass is 10.0. The molecule has 3 nitrogen and oxygen atoms in total. The third-order valence-electron chi connectivity index (χ3n) is 3.10. The molecule has 1 unspecified atom stereocenters. The summed E-state index contributed by atoms with van der Waals surface area (Å²) in [4.78, 5) is 4.19. The summed E-state index contributed by atoms with van der Waals surface area (Å²) in [6.45, 7) is 2.14. The fourth-order valence-corrected chi connectivity index (χ4v) is 1.84. The van der Waals surface area contributed by atoms with Crippen LogP contribution in [0.2, 0.25) is 0 Å². The van der Waals surface area contributed by atoms with Crippen LogP contribution < -0.4 is 10.1 Å². The monoisotopic (exact) mass is 242 g/mol. The van der Waals surface area contributed by atoms with Crippen molar-refractivity contribution in [1.29, 1.82) is 0 Å². The predicted octanol–water partition coefficient (Wildman–Crippen LogP) is 3.04. The molecule has 0 aliphatic heterocycles. The second-order valence-corrected chi connectivity index (χ2v) is 4.25. The third-order valence-corrected chi connectivity index (χ3v) is 3.10. The fourth-order valence-electron chi connectivity index (χ4n) is 1.84. The number of pyridine rings is 1. The van der Waals surface area contributed by atoms with Crippen LogP contribution in [0.15, 0.2) is 42.7 Å². The van der Waals surface area contributed by atoms with Gasteiger partial charge in [0.25, 0.3) is 0 Å². The van der Waals surface area contributed by atoms with E-state index in [0.717, 1.165) is 16.9 Å². The summed E-state index contributed by atoms with van der Waals surface area (Å²) >= 11 is 0. The van der Waals surface area contributed by atoms with Crippen molar-refractivity contribution in [3.05, 3.63) is 48.3 Å². The number of aromatic nitrogens is 1. The van der Waals surface area contributed by atoms with E-state index in [0.29, 0.717) is 6.04 Å². The van der Waals surface area contributed by atoms with Gasteiger partial charge in [-0.1, -0.05) is 18.2 Å². The van der Waals surface area contributed by atoms with E-state index in [-0.39, 0.29) is 0 Å². The molecule has 94 valence electrons. The van der Waals surface area contributed by atoms with E-state index < -0.39 is 0 Å². The molecule has 2 rings (SSSR count). The highest BCUT2D eigenvalue weighted by Gasteiger charge is 2.05. The predicted molar refractivity (Wildman–Crippen MR) is 73.7 cm³/mol. The van der Waals surface area contributed by atoms with E-state index in [1.54, 1.807) is 13.3 Å². The molecule has 2 aromatic rings. The molecule has 0 fully saturated rings. The zero-order valence-corrected chi connectivity index (χ0v) is 11.0. The molecule has 0 saturated heterocycles. The molecule has 0 spiro atoms. The van der Waals surface area contributed by atoms with Gasteiger partial charge in [-0.2, -0.15) is 0 Å². The molecule has 3 heteroatoms. The summed E-state index contributed by atoms with van der Waals surface area (Å²) in [7, 11) is 3.62. The molecule has 1 N–H and O–H groups in total. The van der Waals surface area contributed by atoms with Crippen molar-refractivity contribution in [2.75, 3.05) is 14.2 Å². The number of nitrogens with one attached hydrogen (secondary N) is 1. The first kappa shape index (κ1) is 12.6. The van der Waals surface area contributed by atoms with Gasteiger partial charge in [0.1, 0.15) is 5.75 Å². The van der Waals surface area contributed by atoms with Crippen LogP contribution in [0.5, 0.6) is 5.75 Å². The Morgan fingerprint density at radius 1 is 1.17 bits per heavy atom. The Kier molecular flexibility index (Phi) is 3.95. The SMILES string of the molecule is CNC(C)c1cccc(-c2cncc(OC)c2)c1. The average Bonchev–Trinajstić information content (AvgIpc) is 2.46. The highest BCUT2D eigenvalue weighted by molar-refractivity contribution is 5.64. The van der Waals surface area contributed by atoms with Crippen LogP contribution in [0.4, 0.5) is 0 Å². The van der Waals surface area contributed by atoms with Gasteiger partial charge in [-0.3, -0.25) is 4.98 Å². The van der Waals surface area contributed by atoms with E-state index >= 15 is 0 Å². The average molecular weight is 242 g/mol. The topological polar surface area (TPSA) is 34.2 Å². The van der Waals surface area contributed by atoms with Crippen molar-refractivity contribution >= 4 is 0 Å². The summed E-state index contributed by atoms with van der Waals surface area (Å²) < 4.78 is 5.20. The van der Waals surface area contributed by atoms with E-state index in [2.05, 4.69) is 41.5 Å². The van der Waals surface area contributed by atoms with Crippen molar-refractivity contribution in [3.8, 4) is 16.9 Å². The van der Waals surface area contributed by atoms with Crippen LogP contribution in [0.25, 0.3) is 11.1 Å². The van der Waals surface area contributed by atoms with Crippen molar-refractivity contribution in [2.24, 2.45) is 0 Å². The summed E-state index contributed by atoms with van der Waals surface area (Å²) in [6, 6.07) is 10.8. The van der Waals surface area contributed by atoms with Gasteiger partial charge in [0.15, 0.2) is 0 Å². The lowest BCUT2D eigenvalue weighted by Crippen LogP contribution is -2.12. The Hall–Kier alpha value is -1.87. The van der Waals surface area contributed by atoms with Crippen LogP contribution in [-0.4, -0.2) is 19.1 Å². The minimum atomic E-state index is 0.337. The maximum absolute atomic E-state index is 5.20. The molecule has 1 aromatic carbocycles. The van der Waals surface area contributed by atoms with Crippen LogP contribution in [-0.2, 0) is 0 Å². The molecule has 0 amide bonds. The first-order chi connectivity index (χ1) is 8.74. The molecule has 1 heterocycles. The molecule has 0 aliphatic carbocycles. The largest absolute Gasteiger partial charge is 0.495 e. The Balaban J connectivity index is 2.38. The Labute approximate surface area is 108 Å². The quantitative estimate of drug-likeness (QED) is 0.894. The Morgan fingerprint density at radius 2 is 2.00 bits per heavy atom. The first-order valence-electron chi connectivity index (χ1n) is 6.01. The Bertz CT molecular complexity index is 525. The van der Waals surface area contributed by atoms with Gasteiger partial charge in [-0.05, 0) is 37.2 Å². The van der Waals surface area contributed by atoms with Gasteiger partial charge < -0.3 is 10.1 Å². The minimum Gasteiger partial charge on any atom is -0.495 e. The first-order valence-corrected chi connectivity index (χ1v) is 6.01. The molecule has 1 aromatic heterocycles. The van der Waals surface area contributed by atoms with Gasteiger partial charge in [-0.25, -0.2) is 0 Å². The van der Waals surface area contributed by atoms with Gasteiger partial charge in [0.05, 0.1) is 13.3 Å². The molecular formula is C15H18N2O. The van der Waals surface area contributed by atoms with Crippen LogP contribution >= 0.6 is 0 Å². The zero-order valence-electron chi connectivity index (χ0n) is 11.0. The molecule has 1 atom stereocenters. The van der Waals surface area contributed by atoms with Gasteiger partial charge in [-0.15, -0.1) is 0 Å². The maximum Gasteiger partial charge on any atom is 0.137 e. The Morgan fingerprint density at radius 3 is 2.72 bits per heavy atom. The van der Waals surface area contributed by atoms with Crippen LogP contribution in [0, 0.1) is 0 Å². The third kappa shape index (κ3) is 2.68. The fraction of sp³-hybridized carbons (Fsp3) is 0.267. The maximum atomic E-state index is 5.20. The number of hydrogen-bond donors (Lipinski definition) is 1. The molecule has 18 heavy (non-hydrogen) atoms. The molecule has 0 radical (unpaired) electrons. The second kappa shape index (κ2) is 5.65. The van der Waals surface area contributed by atoms with E-state index in [9.17, 15) is 0 Å². The van der Waals surface area contributed by atoms with E-state index in [1.807, 2.05) is 19.3 Å². The molecule has 0 bridgehead atoms. The number of rotatable bonds is 4. The van der Waals surface area contributed by atoms with Crippen molar-refractivity contribution in [3.63, 3.8) is 0 Å². The van der Waals surface area contributed by atoms with Crippen LogP contribution in [0.3, 0.4) is 0 Å². The summed E-state index contributed by atoms with van der Waals surface area (Å²) in [6.07, 6.45) is 3.56. The normalized spacial score (nSPS) is 12.2. The lowest BCUT2D eigenvalue weighted by Gasteiger charge is -2.12. The number of methoxy groups -OCH3 is 1. The minimum absolute atomic E-state index is 0.337. The van der Waals surface area contributed by atoms with Gasteiger partial charge in [0, 0.05) is 17.8 Å². The number of hydrogen-bond acceptors (Lipinski definition) is 3. The van der Waals surface area contributed by atoms with Crippen molar-refractivity contribution in [2.45, 2.75) is 13.0 Å². The number of ether oxygens (including phenoxy) is 1. The van der Waals surface area contributed by atoms with Gasteiger partial charge >= 0.3 is 0 Å². The standard InChI is InChI=1S/C15H18N2O/c1-11(16-2)12-5-4-6-13(7-12)14-8-15(18-3)10-17-9-14/h4-11,16H,1-3H3. The lowest BCUT2D eigenvalue weighted by molar-refractivity contribution is 0.413. The van der Waals surface area contributed by atoms with Crippen molar-refractivity contribution < 1.29 is 4.74 Å². The number of nitrogens with zero attached hydrogens (tertiary/aromatic N) is 1. The number of benzene rings is 1. The van der Waals surface area contributed by atoms with Crippen LogP contribution in [0.1, 0.15) is 18.5 Å². The molecular weight excluding hydrogens is 224 g/mol. The van der Waals surface area contributed by atoms with Gasteiger partial charge in [0.2, 0.25) is 0 Å². The smallest absolute Gasteiger partial charge is 0.137 e. The second-order valence-electron chi connectivity index (χ2n) is 4.25. The van der Waals surface area contributed by atoms with Crippen molar-refractivity contribution in [1.82, 2.24) is 10.3 Å². The highest BCUT2D eigenvalue weighted by atomic mass is 16.5. The van der Waals surface area contributed by atoms with E-state index in [1.165, 1.54) is 5.56 Å². The zero-order chi connectivity index (χ0) is 13.0. The highest BCUT2D eigenvalue weighted by Crippen LogP contribution is 2.25. The molecule has 0 saturated carbocycles.